The number of guanidine groups is 1. The molecular formula is C16H24F3N5O. The van der Waals surface area contributed by atoms with Crippen LogP contribution in [0.2, 0.25) is 0 Å². The van der Waals surface area contributed by atoms with Gasteiger partial charge in [0.15, 0.2) is 5.96 Å². The quantitative estimate of drug-likeness (QED) is 0.621. The van der Waals surface area contributed by atoms with E-state index < -0.39 is 6.36 Å². The summed E-state index contributed by atoms with van der Waals surface area (Å²) in [6, 6.07) is 5.34. The SMILES string of the molecule is CN1CCCN(CCN=C(N)Nc2ccc(OC(F)(F)F)cc2)CC1. The number of aliphatic imine (C=N–C) groups is 1. The van der Waals surface area contributed by atoms with Crippen molar-refractivity contribution >= 4 is 11.6 Å². The van der Waals surface area contributed by atoms with Crippen LogP contribution in [0.5, 0.6) is 5.75 Å². The summed E-state index contributed by atoms with van der Waals surface area (Å²) in [5.41, 5.74) is 6.36. The molecule has 0 aromatic heterocycles. The first kappa shape index (κ1) is 19.3. The second kappa shape index (κ2) is 8.91. The van der Waals surface area contributed by atoms with Gasteiger partial charge < -0.3 is 25.6 Å². The Hall–Kier alpha value is -2.00. The molecule has 9 heteroatoms. The third kappa shape index (κ3) is 7.61. The zero-order valence-electron chi connectivity index (χ0n) is 14.2. The molecule has 0 aliphatic carbocycles. The van der Waals surface area contributed by atoms with Crippen molar-refractivity contribution in [2.75, 3.05) is 51.6 Å². The van der Waals surface area contributed by atoms with E-state index in [2.05, 4.69) is 31.9 Å². The highest BCUT2D eigenvalue weighted by Gasteiger charge is 2.30. The number of nitrogens with two attached hydrogens (primary N) is 1. The summed E-state index contributed by atoms with van der Waals surface area (Å²) in [5, 5.41) is 2.85. The van der Waals surface area contributed by atoms with E-state index in [1.54, 1.807) is 0 Å². The number of hydrogen-bond donors (Lipinski definition) is 2. The lowest BCUT2D eigenvalue weighted by molar-refractivity contribution is -0.274. The van der Waals surface area contributed by atoms with Crippen LogP contribution >= 0.6 is 0 Å². The summed E-state index contributed by atoms with van der Waals surface area (Å²) in [6.07, 6.45) is -3.56. The van der Waals surface area contributed by atoms with E-state index in [0.29, 0.717) is 12.2 Å². The van der Waals surface area contributed by atoms with Crippen LogP contribution in [0.15, 0.2) is 29.3 Å². The smallest absolute Gasteiger partial charge is 0.406 e. The van der Waals surface area contributed by atoms with Crippen LogP contribution in [0.4, 0.5) is 18.9 Å². The Morgan fingerprint density at radius 3 is 2.60 bits per heavy atom. The van der Waals surface area contributed by atoms with Crippen LogP contribution < -0.4 is 15.8 Å². The normalized spacial score (nSPS) is 18.0. The minimum absolute atomic E-state index is 0.233. The van der Waals surface area contributed by atoms with E-state index in [-0.39, 0.29) is 11.7 Å². The molecule has 0 bridgehead atoms. The van der Waals surface area contributed by atoms with Crippen molar-refractivity contribution in [2.24, 2.45) is 10.7 Å². The molecular weight excluding hydrogens is 335 g/mol. The van der Waals surface area contributed by atoms with Gasteiger partial charge in [0.25, 0.3) is 0 Å². The maximum Gasteiger partial charge on any atom is 0.573 e. The highest BCUT2D eigenvalue weighted by Crippen LogP contribution is 2.23. The van der Waals surface area contributed by atoms with Crippen molar-refractivity contribution in [2.45, 2.75) is 12.8 Å². The predicted octanol–water partition coefficient (Wildman–Crippen LogP) is 1.95. The standard InChI is InChI=1S/C16H24F3N5O/c1-23-8-2-9-24(12-11-23)10-7-21-15(20)22-13-3-5-14(6-4-13)25-16(17,18)19/h3-6H,2,7-12H2,1H3,(H3,20,21,22). The molecule has 0 spiro atoms. The average Bonchev–Trinajstić information content (AvgIpc) is 2.72. The van der Waals surface area contributed by atoms with E-state index in [0.717, 1.165) is 39.1 Å². The minimum atomic E-state index is -4.70. The van der Waals surface area contributed by atoms with Gasteiger partial charge in [-0.25, -0.2) is 0 Å². The number of nitrogens with zero attached hydrogens (tertiary/aromatic N) is 3. The maximum absolute atomic E-state index is 12.1. The summed E-state index contributed by atoms with van der Waals surface area (Å²) in [7, 11) is 2.12. The molecule has 1 saturated heterocycles. The zero-order chi connectivity index (χ0) is 18.3. The number of benzene rings is 1. The molecule has 1 aliphatic heterocycles. The molecule has 6 nitrogen and oxygen atoms in total. The van der Waals surface area contributed by atoms with Crippen molar-refractivity contribution in [1.29, 1.82) is 0 Å². The lowest BCUT2D eigenvalue weighted by Crippen LogP contribution is -2.32. The average molecular weight is 359 g/mol. The lowest BCUT2D eigenvalue weighted by Gasteiger charge is -2.18. The first-order valence-corrected chi connectivity index (χ1v) is 8.15. The van der Waals surface area contributed by atoms with Crippen LogP contribution in [0.1, 0.15) is 6.42 Å². The van der Waals surface area contributed by atoms with Crippen LogP contribution in [-0.4, -0.2) is 68.4 Å². The lowest BCUT2D eigenvalue weighted by atomic mass is 10.3. The Morgan fingerprint density at radius 1 is 1.20 bits per heavy atom. The fourth-order valence-electron chi connectivity index (χ4n) is 2.56. The topological polar surface area (TPSA) is 66.1 Å². The molecule has 25 heavy (non-hydrogen) atoms. The molecule has 1 heterocycles. The Labute approximate surface area is 145 Å². The number of likely N-dealkylation sites (N-methyl/N-ethyl adjacent to an activating group) is 1. The second-order valence-corrected chi connectivity index (χ2v) is 5.96. The van der Waals surface area contributed by atoms with E-state index in [4.69, 9.17) is 5.73 Å². The summed E-state index contributed by atoms with van der Waals surface area (Å²) in [6.45, 7) is 5.61. The van der Waals surface area contributed by atoms with Gasteiger partial charge in [-0.05, 0) is 50.8 Å². The fraction of sp³-hybridized carbons (Fsp3) is 0.562. The highest BCUT2D eigenvalue weighted by molar-refractivity contribution is 5.92. The van der Waals surface area contributed by atoms with E-state index in [1.165, 1.54) is 24.3 Å². The number of hydrogen-bond acceptors (Lipinski definition) is 4. The van der Waals surface area contributed by atoms with Gasteiger partial charge in [0.05, 0.1) is 6.54 Å². The molecule has 1 aromatic carbocycles. The van der Waals surface area contributed by atoms with Gasteiger partial charge in [0.1, 0.15) is 5.75 Å². The van der Waals surface area contributed by atoms with Crippen molar-refractivity contribution in [3.8, 4) is 5.75 Å². The van der Waals surface area contributed by atoms with Crippen molar-refractivity contribution < 1.29 is 17.9 Å². The molecule has 1 fully saturated rings. The Kier molecular flexibility index (Phi) is 6.89. The van der Waals surface area contributed by atoms with Crippen LogP contribution in [0, 0.1) is 0 Å². The monoisotopic (exact) mass is 359 g/mol. The number of anilines is 1. The number of alkyl halides is 3. The summed E-state index contributed by atoms with van der Waals surface area (Å²) in [4.78, 5) is 8.92. The van der Waals surface area contributed by atoms with Crippen molar-refractivity contribution in [1.82, 2.24) is 9.80 Å². The molecule has 140 valence electrons. The van der Waals surface area contributed by atoms with E-state index >= 15 is 0 Å². The zero-order valence-corrected chi connectivity index (χ0v) is 14.2. The molecule has 0 unspecified atom stereocenters. The van der Waals surface area contributed by atoms with Crippen molar-refractivity contribution in [3.63, 3.8) is 0 Å². The van der Waals surface area contributed by atoms with Crippen LogP contribution in [-0.2, 0) is 0 Å². The number of rotatable bonds is 5. The Balaban J connectivity index is 1.76. The predicted molar refractivity (Wildman–Crippen MR) is 91.8 cm³/mol. The Morgan fingerprint density at radius 2 is 1.92 bits per heavy atom. The summed E-state index contributed by atoms with van der Waals surface area (Å²) < 4.78 is 40.1. The second-order valence-electron chi connectivity index (χ2n) is 5.96. The number of ether oxygens (including phenoxy) is 1. The molecule has 1 aromatic rings. The third-order valence-corrected chi connectivity index (χ3v) is 3.87. The first-order valence-electron chi connectivity index (χ1n) is 8.15. The molecule has 0 atom stereocenters. The largest absolute Gasteiger partial charge is 0.573 e. The van der Waals surface area contributed by atoms with Crippen LogP contribution in [0.25, 0.3) is 0 Å². The van der Waals surface area contributed by atoms with Gasteiger partial charge in [-0.1, -0.05) is 0 Å². The van der Waals surface area contributed by atoms with Gasteiger partial charge in [-0.15, -0.1) is 13.2 Å². The van der Waals surface area contributed by atoms with Gasteiger partial charge >= 0.3 is 6.36 Å². The van der Waals surface area contributed by atoms with E-state index in [9.17, 15) is 13.2 Å². The molecule has 0 amide bonds. The Bertz CT molecular complexity index is 562. The van der Waals surface area contributed by atoms with E-state index in [1.807, 2.05) is 0 Å². The molecule has 2 rings (SSSR count). The molecule has 0 saturated carbocycles. The molecule has 0 radical (unpaired) electrons. The van der Waals surface area contributed by atoms with Gasteiger partial charge in [-0.2, -0.15) is 0 Å². The summed E-state index contributed by atoms with van der Waals surface area (Å²) in [5.74, 6) is -0.0453. The summed E-state index contributed by atoms with van der Waals surface area (Å²) >= 11 is 0. The van der Waals surface area contributed by atoms with Crippen molar-refractivity contribution in [3.05, 3.63) is 24.3 Å². The maximum atomic E-state index is 12.1. The fourth-order valence-corrected chi connectivity index (χ4v) is 2.56. The number of nitrogens with one attached hydrogen (secondary N) is 1. The van der Waals surface area contributed by atoms with Gasteiger partial charge in [0, 0.05) is 25.3 Å². The first-order chi connectivity index (χ1) is 11.8. The molecule has 1 aliphatic rings. The van der Waals surface area contributed by atoms with Crippen LogP contribution in [0.3, 0.4) is 0 Å². The highest BCUT2D eigenvalue weighted by atomic mass is 19.4. The van der Waals surface area contributed by atoms with Gasteiger partial charge in [-0.3, -0.25) is 4.99 Å². The minimum Gasteiger partial charge on any atom is -0.406 e. The number of halogens is 3. The third-order valence-electron chi connectivity index (χ3n) is 3.87. The molecule has 3 N–H and O–H groups in total. The van der Waals surface area contributed by atoms with Gasteiger partial charge in [0.2, 0.25) is 0 Å².